The number of hydrogen-bond acceptors (Lipinski definition) is 2. The van der Waals surface area contributed by atoms with Crippen molar-refractivity contribution in [1.29, 1.82) is 0 Å². The third-order valence-corrected chi connectivity index (χ3v) is 3.18. The molecule has 0 aromatic heterocycles. The van der Waals surface area contributed by atoms with Crippen LogP contribution in [0.25, 0.3) is 0 Å². The number of benzene rings is 1. The van der Waals surface area contributed by atoms with E-state index < -0.39 is 0 Å². The van der Waals surface area contributed by atoms with E-state index in [4.69, 9.17) is 9.47 Å². The monoisotopic (exact) mass is 220 g/mol. The lowest BCUT2D eigenvalue weighted by Gasteiger charge is -2.52. The lowest BCUT2D eigenvalue weighted by Crippen LogP contribution is -2.56. The van der Waals surface area contributed by atoms with Crippen molar-refractivity contribution in [3.05, 3.63) is 30.3 Å². The fourth-order valence-electron chi connectivity index (χ4n) is 2.31. The van der Waals surface area contributed by atoms with Crippen molar-refractivity contribution in [2.75, 3.05) is 13.2 Å². The highest BCUT2D eigenvalue weighted by Crippen LogP contribution is 2.48. The van der Waals surface area contributed by atoms with Gasteiger partial charge in [-0.15, -0.1) is 0 Å². The molecule has 2 aliphatic rings. The molecule has 1 aliphatic heterocycles. The number of rotatable bonds is 2. The first kappa shape index (κ1) is 11.5. The van der Waals surface area contributed by atoms with Crippen LogP contribution in [0.5, 0.6) is 5.75 Å². The van der Waals surface area contributed by atoms with Gasteiger partial charge in [-0.05, 0) is 25.0 Å². The molecule has 0 N–H and O–H groups in total. The second-order valence-electron chi connectivity index (χ2n) is 4.45. The summed E-state index contributed by atoms with van der Waals surface area (Å²) in [5, 5.41) is 0. The topological polar surface area (TPSA) is 18.5 Å². The molecule has 1 aromatic rings. The Hall–Kier alpha value is -1.02. The van der Waals surface area contributed by atoms with Gasteiger partial charge in [0, 0.05) is 5.41 Å². The summed E-state index contributed by atoms with van der Waals surface area (Å²) in [6.45, 7) is 5.89. The van der Waals surface area contributed by atoms with Crippen molar-refractivity contribution in [1.82, 2.24) is 0 Å². The minimum Gasteiger partial charge on any atom is -0.490 e. The lowest BCUT2D eigenvalue weighted by molar-refractivity contribution is -0.191. The highest BCUT2D eigenvalue weighted by molar-refractivity contribution is 5.22. The summed E-state index contributed by atoms with van der Waals surface area (Å²) in [6.07, 6.45) is 2.75. The molecule has 2 nitrogen and oxygen atoms in total. The summed E-state index contributed by atoms with van der Waals surface area (Å²) in [5.41, 5.74) is 0.499. The van der Waals surface area contributed by atoms with E-state index in [9.17, 15) is 0 Å². The van der Waals surface area contributed by atoms with Gasteiger partial charge in [-0.25, -0.2) is 0 Å². The second-order valence-corrected chi connectivity index (χ2v) is 4.45. The van der Waals surface area contributed by atoms with Crippen LogP contribution in [-0.2, 0) is 4.74 Å². The molecule has 2 heteroatoms. The van der Waals surface area contributed by atoms with E-state index in [2.05, 4.69) is 0 Å². The zero-order valence-corrected chi connectivity index (χ0v) is 10.1. The maximum absolute atomic E-state index is 5.83. The van der Waals surface area contributed by atoms with Gasteiger partial charge in [0.2, 0.25) is 0 Å². The molecule has 0 radical (unpaired) electrons. The van der Waals surface area contributed by atoms with Crippen LogP contribution < -0.4 is 4.74 Å². The van der Waals surface area contributed by atoms with Crippen molar-refractivity contribution in [3.63, 3.8) is 0 Å². The van der Waals surface area contributed by atoms with E-state index in [0.29, 0.717) is 11.5 Å². The predicted molar refractivity (Wildman–Crippen MR) is 64.7 cm³/mol. The molecule has 1 heterocycles. The Morgan fingerprint density at radius 2 is 1.75 bits per heavy atom. The van der Waals surface area contributed by atoms with Crippen molar-refractivity contribution in [3.8, 4) is 5.75 Å². The Morgan fingerprint density at radius 1 is 1.12 bits per heavy atom. The predicted octanol–water partition coefficient (Wildman–Crippen LogP) is 3.27. The van der Waals surface area contributed by atoms with E-state index in [1.807, 2.05) is 44.2 Å². The van der Waals surface area contributed by atoms with Crippen molar-refractivity contribution < 1.29 is 9.47 Å². The van der Waals surface area contributed by atoms with Gasteiger partial charge in [0.15, 0.2) is 0 Å². The first-order valence-corrected chi connectivity index (χ1v) is 6.16. The Labute approximate surface area is 97.6 Å². The average Bonchev–Trinajstić information content (AvgIpc) is 2.24. The van der Waals surface area contributed by atoms with Gasteiger partial charge in [0.25, 0.3) is 0 Å². The van der Waals surface area contributed by atoms with Gasteiger partial charge < -0.3 is 9.47 Å². The summed E-state index contributed by atoms with van der Waals surface area (Å²) < 4.78 is 11.0. The van der Waals surface area contributed by atoms with Gasteiger partial charge in [-0.2, -0.15) is 0 Å². The number of hydrogen-bond donors (Lipinski definition) is 0. The molecule has 2 fully saturated rings. The highest BCUT2D eigenvalue weighted by Gasteiger charge is 2.50. The molecule has 0 unspecified atom stereocenters. The zero-order chi connectivity index (χ0) is 11.4. The van der Waals surface area contributed by atoms with Crippen LogP contribution in [0.1, 0.15) is 26.7 Å². The lowest BCUT2D eigenvalue weighted by atomic mass is 9.65. The van der Waals surface area contributed by atoms with Gasteiger partial charge in [-0.3, -0.25) is 0 Å². The quantitative estimate of drug-likeness (QED) is 0.761. The largest absolute Gasteiger partial charge is 0.490 e. The van der Waals surface area contributed by atoms with Crippen LogP contribution in [0.2, 0.25) is 0 Å². The van der Waals surface area contributed by atoms with Crippen molar-refractivity contribution >= 4 is 0 Å². The van der Waals surface area contributed by atoms with Crippen LogP contribution in [0, 0.1) is 5.41 Å². The Morgan fingerprint density at radius 3 is 2.25 bits per heavy atom. The van der Waals surface area contributed by atoms with Crippen molar-refractivity contribution in [2.45, 2.75) is 32.8 Å². The van der Waals surface area contributed by atoms with Gasteiger partial charge in [-0.1, -0.05) is 32.0 Å². The van der Waals surface area contributed by atoms with Gasteiger partial charge >= 0.3 is 0 Å². The molecule has 0 atom stereocenters. The van der Waals surface area contributed by atoms with Crippen LogP contribution in [0.15, 0.2) is 30.3 Å². The summed E-state index contributed by atoms with van der Waals surface area (Å²) in [5.74, 6) is 0.993. The summed E-state index contributed by atoms with van der Waals surface area (Å²) >= 11 is 0. The number of ether oxygens (including phenoxy) is 2. The van der Waals surface area contributed by atoms with Crippen molar-refractivity contribution in [2.24, 2.45) is 5.41 Å². The fraction of sp³-hybridized carbons (Fsp3) is 0.571. The molecule has 1 aromatic carbocycles. The van der Waals surface area contributed by atoms with Gasteiger partial charge in [0.05, 0.1) is 13.2 Å². The minimum atomic E-state index is 0.418. The molecular weight excluding hydrogens is 200 g/mol. The second kappa shape index (κ2) is 4.88. The van der Waals surface area contributed by atoms with E-state index in [1.165, 1.54) is 12.8 Å². The molecule has 1 aliphatic carbocycles. The Bertz CT molecular complexity index is 309. The molecule has 3 rings (SSSR count). The highest BCUT2D eigenvalue weighted by atomic mass is 16.5. The van der Waals surface area contributed by atoms with Gasteiger partial charge in [0.1, 0.15) is 11.9 Å². The SMILES string of the molecule is CC.c1ccc(OC2CC3(COC3)C2)cc1. The average molecular weight is 220 g/mol. The molecule has 1 spiro atoms. The molecule has 0 amide bonds. The molecule has 0 bridgehead atoms. The normalized spacial score (nSPS) is 21.4. The zero-order valence-electron chi connectivity index (χ0n) is 10.1. The first-order chi connectivity index (χ1) is 7.86. The molecule has 88 valence electrons. The fourth-order valence-corrected chi connectivity index (χ4v) is 2.31. The Kier molecular flexibility index (Phi) is 3.49. The third-order valence-electron chi connectivity index (χ3n) is 3.18. The van der Waals surface area contributed by atoms with Crippen LogP contribution >= 0.6 is 0 Å². The Balaban J connectivity index is 0.000000457. The van der Waals surface area contributed by atoms with E-state index >= 15 is 0 Å². The molecular formula is C14H20O2. The standard InChI is InChI=1S/C12H14O2.C2H6/c1-2-4-10(5-3-1)14-11-6-12(7-11)8-13-9-12;1-2/h1-5,11H,6-9H2;1-2H3. The summed E-state index contributed by atoms with van der Waals surface area (Å²) in [7, 11) is 0. The van der Waals surface area contributed by atoms with E-state index in [1.54, 1.807) is 0 Å². The van der Waals surface area contributed by atoms with E-state index in [-0.39, 0.29) is 0 Å². The summed E-state index contributed by atoms with van der Waals surface area (Å²) in [6, 6.07) is 10.1. The molecule has 16 heavy (non-hydrogen) atoms. The maximum atomic E-state index is 5.83. The third kappa shape index (κ3) is 2.22. The van der Waals surface area contributed by atoms with Crippen LogP contribution in [0.4, 0.5) is 0 Å². The van der Waals surface area contributed by atoms with Crippen LogP contribution in [-0.4, -0.2) is 19.3 Å². The number of para-hydroxylation sites is 1. The first-order valence-electron chi connectivity index (χ1n) is 6.16. The molecule has 1 saturated heterocycles. The van der Waals surface area contributed by atoms with E-state index in [0.717, 1.165) is 19.0 Å². The smallest absolute Gasteiger partial charge is 0.119 e. The minimum absolute atomic E-state index is 0.418. The summed E-state index contributed by atoms with van der Waals surface area (Å²) in [4.78, 5) is 0. The molecule has 1 saturated carbocycles. The maximum Gasteiger partial charge on any atom is 0.119 e. The van der Waals surface area contributed by atoms with Crippen LogP contribution in [0.3, 0.4) is 0 Å².